The van der Waals surface area contributed by atoms with Crippen LogP contribution in [-0.2, 0) is 24.0 Å². The summed E-state index contributed by atoms with van der Waals surface area (Å²) in [4.78, 5) is 65.4. The molecule has 0 aromatic heterocycles. The largest absolute Gasteiger partial charge is 0.302 e. The highest BCUT2D eigenvalue weighted by atomic mass is 16.2. The number of carbonyl (C=O) groups is 5. The Balaban J connectivity index is 7.24. The summed E-state index contributed by atoms with van der Waals surface area (Å²) in [5.74, 6) is -5.09. The number of carbonyl (C=O) groups excluding carboxylic acids is 5. The average Bonchev–Trinajstić information content (AvgIpc) is 2.59. The molecule has 0 N–H and O–H groups in total. The number of Topliss-reactive ketones (excluding diaryl/α,β-unsaturated/α-hetero) is 4. The minimum absolute atomic E-state index is 0.310. The van der Waals surface area contributed by atoms with Crippen LogP contribution >= 0.6 is 0 Å². The van der Waals surface area contributed by atoms with Crippen molar-refractivity contribution in [3.63, 3.8) is 0 Å². The molecule has 5 nitrogen and oxygen atoms in total. The second kappa shape index (κ2) is 9.03. The van der Waals surface area contributed by atoms with E-state index in [2.05, 4.69) is 0 Å². The summed E-state index contributed by atoms with van der Waals surface area (Å²) in [6.45, 7) is 16.0. The van der Waals surface area contributed by atoms with Gasteiger partial charge in [-0.15, -0.1) is 0 Å². The molecule has 2 atom stereocenters. The van der Waals surface area contributed by atoms with Gasteiger partial charge in [0.25, 0.3) is 0 Å². The number of hydrogen-bond acceptors (Lipinski definition) is 5. The molecule has 0 rings (SSSR count). The van der Waals surface area contributed by atoms with Gasteiger partial charge in [-0.1, -0.05) is 62.3 Å². The molecule has 0 aromatic carbocycles. The van der Waals surface area contributed by atoms with Crippen LogP contribution in [-0.4, -0.2) is 29.4 Å². The summed E-state index contributed by atoms with van der Waals surface area (Å²) in [6, 6.07) is 0. The van der Waals surface area contributed by atoms with Gasteiger partial charge in [0, 0.05) is 29.6 Å². The van der Waals surface area contributed by atoms with Crippen LogP contribution in [0.2, 0.25) is 0 Å². The molecule has 0 amide bonds. The molecule has 0 bridgehead atoms. The van der Waals surface area contributed by atoms with Gasteiger partial charge in [0.15, 0.2) is 5.78 Å². The highest BCUT2D eigenvalue weighted by molar-refractivity contribution is 6.19. The molecular formula is C22H36O5. The zero-order valence-electron chi connectivity index (χ0n) is 18.5. The van der Waals surface area contributed by atoms with Crippen molar-refractivity contribution in [1.29, 1.82) is 0 Å². The van der Waals surface area contributed by atoms with Crippen LogP contribution in [0.5, 0.6) is 0 Å². The summed E-state index contributed by atoms with van der Waals surface area (Å²) in [6.07, 6.45) is 0.404. The lowest BCUT2D eigenvalue weighted by Gasteiger charge is -2.47. The molecule has 5 heteroatoms. The van der Waals surface area contributed by atoms with Gasteiger partial charge in [0.2, 0.25) is 0 Å². The van der Waals surface area contributed by atoms with Crippen molar-refractivity contribution in [3.05, 3.63) is 0 Å². The second-order valence-corrected chi connectivity index (χ2v) is 8.95. The molecule has 0 aliphatic rings. The standard InChI is InChI=1S/C22H36O5/c1-12(2)17(24)16(9)22(11-23,20(27)15(7)8)21(10,18(25)13(3)4)19(26)14(5)6/h11-16H,1-10H3. The van der Waals surface area contributed by atoms with Crippen LogP contribution in [0.4, 0.5) is 0 Å². The normalized spacial score (nSPS) is 15.8. The van der Waals surface area contributed by atoms with Crippen molar-refractivity contribution in [2.75, 3.05) is 0 Å². The van der Waals surface area contributed by atoms with Gasteiger partial charge in [-0.3, -0.25) is 19.2 Å². The zero-order valence-corrected chi connectivity index (χ0v) is 18.5. The minimum Gasteiger partial charge on any atom is -0.302 e. The maximum Gasteiger partial charge on any atom is 0.150 e. The summed E-state index contributed by atoms with van der Waals surface area (Å²) >= 11 is 0. The van der Waals surface area contributed by atoms with Crippen molar-refractivity contribution in [2.24, 2.45) is 40.4 Å². The van der Waals surface area contributed by atoms with Gasteiger partial charge in [0.05, 0.1) is 0 Å². The topological polar surface area (TPSA) is 85.3 Å². The average molecular weight is 381 g/mol. The van der Waals surface area contributed by atoms with Crippen molar-refractivity contribution >= 4 is 29.4 Å². The van der Waals surface area contributed by atoms with Crippen LogP contribution in [0.1, 0.15) is 69.2 Å². The molecule has 0 aliphatic carbocycles. The van der Waals surface area contributed by atoms with Gasteiger partial charge in [-0.25, -0.2) is 0 Å². The SMILES string of the molecule is CC(C)C(=O)C(C)C(C=O)(C(=O)C(C)C)C(C)(C(=O)C(C)C)C(=O)C(C)C. The van der Waals surface area contributed by atoms with Crippen molar-refractivity contribution in [3.8, 4) is 0 Å². The zero-order chi connectivity index (χ0) is 21.9. The fourth-order valence-corrected chi connectivity index (χ4v) is 4.06. The molecule has 0 saturated carbocycles. The molecule has 2 unspecified atom stereocenters. The number of aldehydes is 1. The van der Waals surface area contributed by atoms with Crippen LogP contribution in [0, 0.1) is 40.4 Å². The molecule has 154 valence electrons. The number of hydrogen-bond donors (Lipinski definition) is 0. The monoisotopic (exact) mass is 380 g/mol. The summed E-state index contributed by atoms with van der Waals surface area (Å²) in [7, 11) is 0. The molecule has 0 radical (unpaired) electrons. The first-order chi connectivity index (χ1) is 12.1. The molecule has 0 spiro atoms. The first kappa shape index (κ1) is 25.4. The minimum atomic E-state index is -2.02. The molecule has 0 heterocycles. The van der Waals surface area contributed by atoms with E-state index in [0.29, 0.717) is 6.29 Å². The van der Waals surface area contributed by atoms with E-state index in [4.69, 9.17) is 0 Å². The highest BCUT2D eigenvalue weighted by Gasteiger charge is 2.66. The summed E-state index contributed by atoms with van der Waals surface area (Å²) in [5.41, 5.74) is -3.92. The predicted molar refractivity (Wildman–Crippen MR) is 105 cm³/mol. The van der Waals surface area contributed by atoms with E-state index in [1.54, 1.807) is 55.4 Å². The van der Waals surface area contributed by atoms with Gasteiger partial charge >= 0.3 is 0 Å². The molecular weight excluding hydrogens is 344 g/mol. The van der Waals surface area contributed by atoms with Crippen LogP contribution < -0.4 is 0 Å². The second-order valence-electron chi connectivity index (χ2n) is 8.95. The predicted octanol–water partition coefficient (Wildman–Crippen LogP) is 3.71. The molecule has 0 aliphatic heterocycles. The van der Waals surface area contributed by atoms with Crippen LogP contribution in [0.15, 0.2) is 0 Å². The lowest BCUT2D eigenvalue weighted by molar-refractivity contribution is -0.170. The van der Waals surface area contributed by atoms with Crippen molar-refractivity contribution in [1.82, 2.24) is 0 Å². The highest BCUT2D eigenvalue weighted by Crippen LogP contribution is 2.50. The van der Waals surface area contributed by atoms with E-state index in [1.807, 2.05) is 0 Å². The number of rotatable bonds is 11. The molecule has 27 heavy (non-hydrogen) atoms. The lowest BCUT2D eigenvalue weighted by atomic mass is 9.49. The van der Waals surface area contributed by atoms with Crippen LogP contribution in [0.3, 0.4) is 0 Å². The van der Waals surface area contributed by atoms with Crippen molar-refractivity contribution in [2.45, 2.75) is 69.2 Å². The first-order valence-electron chi connectivity index (χ1n) is 9.77. The van der Waals surface area contributed by atoms with Gasteiger partial charge in [-0.2, -0.15) is 0 Å². The third-order valence-corrected chi connectivity index (χ3v) is 5.66. The Kier molecular flexibility index (Phi) is 8.48. The molecule has 0 saturated heterocycles. The Bertz CT molecular complexity index is 592. The fourth-order valence-electron chi connectivity index (χ4n) is 4.06. The molecule has 0 aromatic rings. The van der Waals surface area contributed by atoms with E-state index < -0.39 is 57.8 Å². The van der Waals surface area contributed by atoms with E-state index in [1.165, 1.54) is 13.8 Å². The quantitative estimate of drug-likeness (QED) is 0.403. The molecule has 0 fully saturated rings. The number of ketones is 4. The summed E-state index contributed by atoms with van der Waals surface area (Å²) in [5, 5.41) is 0. The third kappa shape index (κ3) is 4.12. The van der Waals surface area contributed by atoms with E-state index in [-0.39, 0.29) is 5.78 Å². The van der Waals surface area contributed by atoms with Gasteiger partial charge in [0.1, 0.15) is 34.5 Å². The Labute approximate surface area is 163 Å². The van der Waals surface area contributed by atoms with E-state index in [9.17, 15) is 24.0 Å². The van der Waals surface area contributed by atoms with Crippen molar-refractivity contribution < 1.29 is 24.0 Å². The fraction of sp³-hybridized carbons (Fsp3) is 0.773. The Morgan fingerprint density at radius 3 is 1.19 bits per heavy atom. The van der Waals surface area contributed by atoms with Gasteiger partial charge < -0.3 is 4.79 Å². The van der Waals surface area contributed by atoms with Gasteiger partial charge in [-0.05, 0) is 6.92 Å². The Morgan fingerprint density at radius 2 is 0.963 bits per heavy atom. The van der Waals surface area contributed by atoms with Crippen LogP contribution in [0.25, 0.3) is 0 Å². The Hall–Kier alpha value is -1.65. The lowest BCUT2D eigenvalue weighted by Crippen LogP contribution is -2.63. The maximum absolute atomic E-state index is 13.4. The smallest absolute Gasteiger partial charge is 0.150 e. The third-order valence-electron chi connectivity index (χ3n) is 5.66. The maximum atomic E-state index is 13.4. The van der Waals surface area contributed by atoms with E-state index >= 15 is 0 Å². The van der Waals surface area contributed by atoms with E-state index in [0.717, 1.165) is 0 Å². The first-order valence-corrected chi connectivity index (χ1v) is 9.77. The summed E-state index contributed by atoms with van der Waals surface area (Å²) < 4.78 is 0. The Morgan fingerprint density at radius 1 is 0.630 bits per heavy atom.